The van der Waals surface area contributed by atoms with Gasteiger partial charge in [0, 0.05) is 12.1 Å². The Morgan fingerprint density at radius 2 is 1.93 bits per heavy atom. The fourth-order valence-electron chi connectivity index (χ4n) is 2.86. The van der Waals surface area contributed by atoms with Crippen molar-refractivity contribution in [1.29, 1.82) is 5.26 Å². The quantitative estimate of drug-likeness (QED) is 0.712. The van der Waals surface area contributed by atoms with Gasteiger partial charge in [-0.3, -0.25) is 9.59 Å². The summed E-state index contributed by atoms with van der Waals surface area (Å²) < 4.78 is 5.77. The van der Waals surface area contributed by atoms with Gasteiger partial charge in [0.05, 0.1) is 18.1 Å². The van der Waals surface area contributed by atoms with E-state index < -0.39 is 11.4 Å². The van der Waals surface area contributed by atoms with E-state index in [9.17, 15) is 9.59 Å². The number of nitrogens with one attached hydrogen (secondary N) is 1. The summed E-state index contributed by atoms with van der Waals surface area (Å²) in [6.07, 6.45) is 0.0470. The number of aliphatic carboxylic acids is 1. The Morgan fingerprint density at radius 1 is 1.18 bits per heavy atom. The van der Waals surface area contributed by atoms with E-state index in [4.69, 9.17) is 15.1 Å². The maximum atomic E-state index is 12.3. The highest BCUT2D eigenvalue weighted by Gasteiger charge is 2.25. The second-order valence-electron chi connectivity index (χ2n) is 7.54. The second kappa shape index (κ2) is 9.05. The van der Waals surface area contributed by atoms with E-state index in [2.05, 4.69) is 11.4 Å². The van der Waals surface area contributed by atoms with Crippen LogP contribution in [0.15, 0.2) is 42.5 Å². The van der Waals surface area contributed by atoms with Crippen LogP contribution in [-0.2, 0) is 16.2 Å². The van der Waals surface area contributed by atoms with Crippen LogP contribution in [0, 0.1) is 23.7 Å². The number of nitrogens with zero attached hydrogens (tertiary/aromatic N) is 1. The molecule has 28 heavy (non-hydrogen) atoms. The van der Waals surface area contributed by atoms with Crippen LogP contribution < -0.4 is 10.1 Å². The molecule has 2 aromatic rings. The lowest BCUT2D eigenvalue weighted by atomic mass is 9.85. The Hall–Kier alpha value is -3.33. The molecule has 6 nitrogen and oxygen atoms in total. The summed E-state index contributed by atoms with van der Waals surface area (Å²) in [4.78, 5) is 23.1. The Kier molecular flexibility index (Phi) is 6.78. The van der Waals surface area contributed by atoms with Crippen LogP contribution in [0.1, 0.15) is 43.4 Å². The number of nitriles is 1. The molecule has 6 heteroatoms. The van der Waals surface area contributed by atoms with Gasteiger partial charge >= 0.3 is 5.97 Å². The highest BCUT2D eigenvalue weighted by atomic mass is 16.5. The first-order valence-electron chi connectivity index (χ1n) is 8.93. The van der Waals surface area contributed by atoms with E-state index in [1.807, 2.05) is 25.1 Å². The van der Waals surface area contributed by atoms with E-state index in [1.165, 1.54) is 0 Å². The lowest BCUT2D eigenvalue weighted by Gasteiger charge is -2.21. The van der Waals surface area contributed by atoms with E-state index >= 15 is 0 Å². The van der Waals surface area contributed by atoms with Crippen molar-refractivity contribution in [2.75, 3.05) is 5.32 Å². The number of anilines is 1. The molecule has 0 heterocycles. The van der Waals surface area contributed by atoms with Gasteiger partial charge in [0.15, 0.2) is 0 Å². The topological polar surface area (TPSA) is 99.4 Å². The molecule has 0 saturated heterocycles. The van der Waals surface area contributed by atoms with E-state index in [0.29, 0.717) is 23.6 Å². The molecule has 1 amide bonds. The predicted molar refractivity (Wildman–Crippen MR) is 106 cm³/mol. The number of carbonyl (C=O) groups is 2. The fourth-order valence-corrected chi connectivity index (χ4v) is 2.86. The molecular weight excluding hydrogens is 356 g/mol. The minimum Gasteiger partial charge on any atom is -0.489 e. The third kappa shape index (κ3) is 6.44. The molecule has 2 N–H and O–H groups in total. The SMILES string of the molecule is Cc1cc(OCc2cccc(C#N)c2)ccc1NC(=O)CC(C)(C)CC(=O)O. The molecule has 2 rings (SSSR count). The molecule has 0 aliphatic heterocycles. The van der Waals surface area contributed by atoms with Crippen LogP contribution in [0.25, 0.3) is 0 Å². The second-order valence-corrected chi connectivity index (χ2v) is 7.54. The van der Waals surface area contributed by atoms with Crippen molar-refractivity contribution in [3.05, 3.63) is 59.2 Å². The molecular formula is C22H24N2O4. The van der Waals surface area contributed by atoms with Crippen LogP contribution in [0.4, 0.5) is 5.69 Å². The van der Waals surface area contributed by atoms with Crippen LogP contribution in [-0.4, -0.2) is 17.0 Å². The number of hydrogen-bond acceptors (Lipinski definition) is 4. The smallest absolute Gasteiger partial charge is 0.303 e. The standard InChI is InChI=1S/C22H24N2O4/c1-15-9-18(28-14-17-6-4-5-16(10-17)13-23)7-8-19(15)24-20(25)11-22(2,3)12-21(26)27/h4-10H,11-12,14H2,1-3H3,(H,24,25)(H,26,27). The number of aryl methyl sites for hydroxylation is 1. The van der Waals surface area contributed by atoms with E-state index in [0.717, 1.165) is 11.1 Å². The van der Waals surface area contributed by atoms with Crippen molar-refractivity contribution in [1.82, 2.24) is 0 Å². The molecule has 146 valence electrons. The van der Waals surface area contributed by atoms with Gasteiger partial charge in [-0.2, -0.15) is 5.26 Å². The minimum absolute atomic E-state index is 0.0703. The average Bonchev–Trinajstić information content (AvgIpc) is 2.60. The average molecular weight is 380 g/mol. The third-order valence-corrected chi connectivity index (χ3v) is 4.20. The maximum Gasteiger partial charge on any atom is 0.303 e. The molecule has 0 radical (unpaired) electrons. The van der Waals surface area contributed by atoms with Crippen molar-refractivity contribution in [3.8, 4) is 11.8 Å². The van der Waals surface area contributed by atoms with Gasteiger partial charge in [0.2, 0.25) is 5.91 Å². The summed E-state index contributed by atoms with van der Waals surface area (Å²) in [5, 5.41) is 20.7. The van der Waals surface area contributed by atoms with Crippen molar-refractivity contribution >= 4 is 17.6 Å². The number of amides is 1. The fraction of sp³-hybridized carbons (Fsp3) is 0.318. The van der Waals surface area contributed by atoms with Gasteiger partial charge < -0.3 is 15.2 Å². The Labute approximate surface area is 164 Å². The first kappa shape index (κ1) is 21.0. The molecule has 2 aromatic carbocycles. The maximum absolute atomic E-state index is 12.3. The predicted octanol–water partition coefficient (Wildman–Crippen LogP) is 4.28. The molecule has 0 aliphatic carbocycles. The van der Waals surface area contributed by atoms with Crippen molar-refractivity contribution in [2.45, 2.75) is 40.2 Å². The summed E-state index contributed by atoms with van der Waals surface area (Å²) in [7, 11) is 0. The lowest BCUT2D eigenvalue weighted by Crippen LogP contribution is -2.25. The Bertz CT molecular complexity index is 913. The molecule has 0 spiro atoms. The van der Waals surface area contributed by atoms with Crippen LogP contribution in [0.2, 0.25) is 0 Å². The minimum atomic E-state index is -0.921. The summed E-state index contributed by atoms with van der Waals surface area (Å²) in [5.41, 5.74) is 2.36. The number of carbonyl (C=O) groups excluding carboxylic acids is 1. The highest BCUT2D eigenvalue weighted by Crippen LogP contribution is 2.27. The molecule has 0 aromatic heterocycles. The number of carboxylic acid groups (broad SMARTS) is 1. The van der Waals surface area contributed by atoms with Gasteiger partial charge in [0.1, 0.15) is 12.4 Å². The highest BCUT2D eigenvalue weighted by molar-refractivity contribution is 5.92. The zero-order valence-electron chi connectivity index (χ0n) is 16.3. The summed E-state index contributed by atoms with van der Waals surface area (Å²) in [6, 6.07) is 14.7. The van der Waals surface area contributed by atoms with Crippen LogP contribution >= 0.6 is 0 Å². The van der Waals surface area contributed by atoms with Crippen LogP contribution in [0.3, 0.4) is 0 Å². The largest absolute Gasteiger partial charge is 0.489 e. The molecule has 0 bridgehead atoms. The van der Waals surface area contributed by atoms with Gasteiger partial charge in [-0.05, 0) is 53.8 Å². The zero-order chi connectivity index (χ0) is 20.7. The number of ether oxygens (including phenoxy) is 1. The molecule has 0 fully saturated rings. The van der Waals surface area contributed by atoms with Gasteiger partial charge in [0.25, 0.3) is 0 Å². The summed E-state index contributed by atoms with van der Waals surface area (Å²) >= 11 is 0. The first-order valence-corrected chi connectivity index (χ1v) is 8.93. The summed E-state index contributed by atoms with van der Waals surface area (Å²) in [6.45, 7) is 5.71. The monoisotopic (exact) mass is 380 g/mol. The zero-order valence-corrected chi connectivity index (χ0v) is 16.3. The lowest BCUT2D eigenvalue weighted by molar-refractivity contribution is -0.139. The van der Waals surface area contributed by atoms with Gasteiger partial charge in [-0.15, -0.1) is 0 Å². The van der Waals surface area contributed by atoms with Gasteiger partial charge in [-0.1, -0.05) is 26.0 Å². The first-order chi connectivity index (χ1) is 13.2. The molecule has 0 aliphatic rings. The van der Waals surface area contributed by atoms with E-state index in [1.54, 1.807) is 38.1 Å². The number of rotatable bonds is 8. The molecule has 0 saturated carbocycles. The third-order valence-electron chi connectivity index (χ3n) is 4.20. The normalized spacial score (nSPS) is 10.8. The molecule has 0 atom stereocenters. The van der Waals surface area contributed by atoms with Crippen molar-refractivity contribution in [2.24, 2.45) is 5.41 Å². The number of hydrogen-bond donors (Lipinski definition) is 2. The van der Waals surface area contributed by atoms with Crippen molar-refractivity contribution < 1.29 is 19.4 Å². The van der Waals surface area contributed by atoms with E-state index in [-0.39, 0.29) is 18.7 Å². The van der Waals surface area contributed by atoms with Crippen molar-refractivity contribution in [3.63, 3.8) is 0 Å². The molecule has 0 unspecified atom stereocenters. The summed E-state index contributed by atoms with van der Waals surface area (Å²) in [5.74, 6) is -0.490. The number of benzene rings is 2. The Balaban J connectivity index is 1.97. The van der Waals surface area contributed by atoms with Crippen LogP contribution in [0.5, 0.6) is 5.75 Å². The Morgan fingerprint density at radius 3 is 2.57 bits per heavy atom. The van der Waals surface area contributed by atoms with Gasteiger partial charge in [-0.25, -0.2) is 0 Å². The number of carboxylic acids is 1.